The van der Waals surface area contributed by atoms with E-state index in [1.807, 2.05) is 0 Å². The van der Waals surface area contributed by atoms with Crippen molar-refractivity contribution < 1.29 is 22.8 Å². The number of hydrogen-bond acceptors (Lipinski definition) is 4. The van der Waals surface area contributed by atoms with Gasteiger partial charge < -0.3 is 15.1 Å². The van der Waals surface area contributed by atoms with Crippen LogP contribution in [0.5, 0.6) is 0 Å². The van der Waals surface area contributed by atoms with Gasteiger partial charge in [0.1, 0.15) is 5.92 Å². The fourth-order valence-electron chi connectivity index (χ4n) is 3.91. The maximum atomic E-state index is 13.8. The number of alkyl halides is 3. The van der Waals surface area contributed by atoms with E-state index in [9.17, 15) is 22.8 Å². The van der Waals surface area contributed by atoms with Gasteiger partial charge in [-0.2, -0.15) is 13.2 Å². The van der Waals surface area contributed by atoms with Crippen LogP contribution in [-0.2, 0) is 15.8 Å². The molecule has 4 rings (SSSR count). The van der Waals surface area contributed by atoms with E-state index in [2.05, 4.69) is 10.3 Å². The number of piperazine rings is 1. The zero-order valence-corrected chi connectivity index (χ0v) is 16.8. The summed E-state index contributed by atoms with van der Waals surface area (Å²) in [7, 11) is 0. The minimum absolute atomic E-state index is 0.0682. The van der Waals surface area contributed by atoms with Crippen molar-refractivity contribution in [1.82, 2.24) is 4.90 Å². The molecule has 1 unspecified atom stereocenters. The van der Waals surface area contributed by atoms with E-state index in [4.69, 9.17) is 0 Å². The molecule has 6 nitrogen and oxygen atoms in total. The largest absolute Gasteiger partial charge is 0.418 e. The third-order valence-corrected chi connectivity index (χ3v) is 5.56. The lowest BCUT2D eigenvalue weighted by molar-refractivity contribution is -0.137. The van der Waals surface area contributed by atoms with Gasteiger partial charge >= 0.3 is 6.18 Å². The molecule has 0 saturated carbocycles. The van der Waals surface area contributed by atoms with Crippen LogP contribution < -0.4 is 10.2 Å². The highest BCUT2D eigenvalue weighted by molar-refractivity contribution is 6.12. The first-order valence-corrected chi connectivity index (χ1v) is 9.90. The van der Waals surface area contributed by atoms with Crippen LogP contribution in [0.2, 0.25) is 0 Å². The van der Waals surface area contributed by atoms with Crippen LogP contribution >= 0.6 is 0 Å². The SMILES string of the molecule is CC(=O)N1CCN(c2ccc(N=CC3C(=O)Nc4ccccc43)cc2C(F)(F)F)CC1. The van der Waals surface area contributed by atoms with Crippen LogP contribution in [0.1, 0.15) is 24.0 Å². The van der Waals surface area contributed by atoms with Crippen LogP contribution in [0.25, 0.3) is 0 Å². The molecule has 2 aliphatic heterocycles. The Morgan fingerprint density at radius 2 is 1.84 bits per heavy atom. The maximum absolute atomic E-state index is 13.8. The Kier molecular flexibility index (Phi) is 5.43. The smallest absolute Gasteiger partial charge is 0.367 e. The molecule has 0 radical (unpaired) electrons. The predicted molar refractivity (Wildman–Crippen MR) is 112 cm³/mol. The van der Waals surface area contributed by atoms with Crippen LogP contribution in [0, 0.1) is 0 Å². The number of fused-ring (bicyclic) bond motifs is 1. The summed E-state index contributed by atoms with van der Waals surface area (Å²) >= 11 is 0. The number of nitrogens with zero attached hydrogens (tertiary/aromatic N) is 3. The number of benzene rings is 2. The number of amides is 2. The number of halogens is 3. The molecule has 0 spiro atoms. The Morgan fingerprint density at radius 3 is 2.52 bits per heavy atom. The van der Waals surface area contributed by atoms with Crippen molar-refractivity contribution in [2.45, 2.75) is 19.0 Å². The van der Waals surface area contributed by atoms with Gasteiger partial charge in [0.15, 0.2) is 0 Å². The molecule has 9 heteroatoms. The summed E-state index contributed by atoms with van der Waals surface area (Å²) in [6.07, 6.45) is -3.18. The Labute approximate surface area is 177 Å². The van der Waals surface area contributed by atoms with Crippen molar-refractivity contribution in [3.05, 3.63) is 53.6 Å². The zero-order chi connectivity index (χ0) is 22.2. The van der Waals surface area contributed by atoms with E-state index < -0.39 is 17.7 Å². The van der Waals surface area contributed by atoms with Crippen LogP contribution in [0.3, 0.4) is 0 Å². The number of carbonyl (C=O) groups is 2. The molecule has 1 atom stereocenters. The summed E-state index contributed by atoms with van der Waals surface area (Å²) in [6, 6.07) is 11.1. The lowest BCUT2D eigenvalue weighted by Gasteiger charge is -2.36. The first-order chi connectivity index (χ1) is 14.7. The van der Waals surface area contributed by atoms with Gasteiger partial charge in [-0.1, -0.05) is 18.2 Å². The summed E-state index contributed by atoms with van der Waals surface area (Å²) in [6.45, 7) is 2.85. The minimum Gasteiger partial charge on any atom is -0.367 e. The normalized spacial score (nSPS) is 19.0. The van der Waals surface area contributed by atoms with Crippen molar-refractivity contribution in [3.63, 3.8) is 0 Å². The van der Waals surface area contributed by atoms with Crippen molar-refractivity contribution in [2.24, 2.45) is 4.99 Å². The van der Waals surface area contributed by atoms with Crippen LogP contribution in [-0.4, -0.2) is 49.1 Å². The molecule has 2 amide bonds. The van der Waals surface area contributed by atoms with Crippen LogP contribution in [0.15, 0.2) is 47.5 Å². The van der Waals surface area contributed by atoms with Gasteiger partial charge in [0, 0.05) is 50.7 Å². The number of aliphatic imine (C=N–C) groups is 1. The number of rotatable bonds is 3. The molecule has 1 fully saturated rings. The first kappa shape index (κ1) is 20.9. The average molecular weight is 430 g/mol. The molecule has 162 valence electrons. The second-order valence-electron chi connectivity index (χ2n) is 7.52. The number of carbonyl (C=O) groups excluding carboxylic acids is 2. The van der Waals surface area contributed by atoms with Gasteiger partial charge in [-0.15, -0.1) is 0 Å². The summed E-state index contributed by atoms with van der Waals surface area (Å²) in [5, 5.41) is 2.74. The third-order valence-electron chi connectivity index (χ3n) is 5.56. The summed E-state index contributed by atoms with van der Waals surface area (Å²) in [5.74, 6) is -0.997. The number of para-hydroxylation sites is 1. The minimum atomic E-state index is -4.56. The quantitative estimate of drug-likeness (QED) is 0.754. The fraction of sp³-hybridized carbons (Fsp3) is 0.318. The molecule has 0 aromatic heterocycles. The van der Waals surface area contributed by atoms with E-state index in [0.29, 0.717) is 31.9 Å². The highest BCUT2D eigenvalue weighted by atomic mass is 19.4. The molecule has 2 heterocycles. The zero-order valence-electron chi connectivity index (χ0n) is 16.8. The van der Waals surface area contributed by atoms with Gasteiger partial charge in [0.2, 0.25) is 11.8 Å². The Bertz CT molecular complexity index is 1040. The predicted octanol–water partition coefficient (Wildman–Crippen LogP) is 3.81. The van der Waals surface area contributed by atoms with E-state index in [0.717, 1.165) is 11.6 Å². The lowest BCUT2D eigenvalue weighted by atomic mass is 10.0. The molecule has 2 aromatic carbocycles. The summed E-state index contributed by atoms with van der Waals surface area (Å²) < 4.78 is 41.3. The molecule has 1 saturated heterocycles. The lowest BCUT2D eigenvalue weighted by Crippen LogP contribution is -2.48. The van der Waals surface area contributed by atoms with Crippen molar-refractivity contribution in [1.29, 1.82) is 0 Å². The van der Waals surface area contributed by atoms with Gasteiger partial charge in [-0.25, -0.2) is 0 Å². The molecule has 0 bridgehead atoms. The number of hydrogen-bond donors (Lipinski definition) is 1. The second-order valence-corrected chi connectivity index (χ2v) is 7.52. The molecular weight excluding hydrogens is 409 g/mol. The first-order valence-electron chi connectivity index (χ1n) is 9.90. The molecule has 2 aliphatic rings. The highest BCUT2D eigenvalue weighted by Gasteiger charge is 2.36. The number of anilines is 2. The van der Waals surface area contributed by atoms with E-state index >= 15 is 0 Å². The highest BCUT2D eigenvalue weighted by Crippen LogP contribution is 2.39. The van der Waals surface area contributed by atoms with E-state index in [-0.39, 0.29) is 23.2 Å². The van der Waals surface area contributed by atoms with E-state index in [1.165, 1.54) is 25.3 Å². The van der Waals surface area contributed by atoms with Gasteiger partial charge in [-0.3, -0.25) is 14.6 Å². The van der Waals surface area contributed by atoms with Crippen molar-refractivity contribution >= 4 is 35.1 Å². The molecule has 2 aromatic rings. The van der Waals surface area contributed by atoms with Crippen molar-refractivity contribution in [3.8, 4) is 0 Å². The molecule has 0 aliphatic carbocycles. The fourth-order valence-corrected chi connectivity index (χ4v) is 3.91. The molecule has 1 N–H and O–H groups in total. The third kappa shape index (κ3) is 4.26. The van der Waals surface area contributed by atoms with Gasteiger partial charge in [-0.05, 0) is 29.8 Å². The summed E-state index contributed by atoms with van der Waals surface area (Å²) in [4.78, 5) is 31.1. The second kappa shape index (κ2) is 8.05. The average Bonchev–Trinajstić information content (AvgIpc) is 3.06. The van der Waals surface area contributed by atoms with Gasteiger partial charge in [0.25, 0.3) is 0 Å². The van der Waals surface area contributed by atoms with Gasteiger partial charge in [0.05, 0.1) is 11.3 Å². The molecular formula is C22H21F3N4O2. The van der Waals surface area contributed by atoms with E-state index in [1.54, 1.807) is 34.1 Å². The Hall–Kier alpha value is -3.36. The Morgan fingerprint density at radius 1 is 1.13 bits per heavy atom. The van der Waals surface area contributed by atoms with Crippen LogP contribution in [0.4, 0.5) is 30.2 Å². The topological polar surface area (TPSA) is 65.0 Å². The summed E-state index contributed by atoms with van der Waals surface area (Å²) in [5.41, 5.74) is 0.830. The molecule has 31 heavy (non-hydrogen) atoms. The standard InChI is InChI=1S/C22H21F3N4O2/c1-14(30)28-8-10-29(11-9-28)20-7-6-15(12-18(20)22(23,24)25)26-13-17-16-4-2-3-5-19(16)27-21(17)31/h2-7,12-13,17H,8-11H2,1H3,(H,27,31). The monoisotopic (exact) mass is 430 g/mol. The Balaban J connectivity index is 1.59. The maximum Gasteiger partial charge on any atom is 0.418 e. The number of nitrogens with one attached hydrogen (secondary N) is 1. The van der Waals surface area contributed by atoms with Crippen molar-refractivity contribution in [2.75, 3.05) is 36.4 Å².